The maximum absolute atomic E-state index is 12.4. The maximum Gasteiger partial charge on any atom is 0.417 e. The third-order valence-electron chi connectivity index (χ3n) is 2.73. The average Bonchev–Trinajstić information content (AvgIpc) is 2.46. The number of halogens is 4. The van der Waals surface area contributed by atoms with E-state index in [-0.39, 0.29) is 24.4 Å². The molecule has 1 atom stereocenters. The van der Waals surface area contributed by atoms with Crippen LogP contribution in [0.15, 0.2) is 42.3 Å². The zero-order chi connectivity index (χ0) is 16.2. The van der Waals surface area contributed by atoms with E-state index in [1.165, 1.54) is 0 Å². The lowest BCUT2D eigenvalue weighted by Gasteiger charge is -2.16. The highest BCUT2D eigenvalue weighted by Gasteiger charge is 2.30. The first-order valence-corrected chi connectivity index (χ1v) is 6.27. The van der Waals surface area contributed by atoms with Crippen LogP contribution in [-0.2, 0) is 15.7 Å². The van der Waals surface area contributed by atoms with E-state index in [4.69, 9.17) is 14.6 Å². The van der Waals surface area contributed by atoms with Crippen LogP contribution in [0.25, 0.3) is 0 Å². The number of hydrogen-bond donors (Lipinski definition) is 1. The highest BCUT2D eigenvalue weighted by atomic mass is 35.5. The van der Waals surface area contributed by atoms with E-state index >= 15 is 0 Å². The summed E-state index contributed by atoms with van der Waals surface area (Å²) in [6, 6.07) is 2.01. The zero-order valence-electron chi connectivity index (χ0n) is 11.6. The van der Waals surface area contributed by atoms with Crippen molar-refractivity contribution in [3.63, 3.8) is 0 Å². The second-order valence-electron chi connectivity index (χ2n) is 4.43. The van der Waals surface area contributed by atoms with Gasteiger partial charge in [0.15, 0.2) is 0 Å². The first kappa shape index (κ1) is 19.0. The number of pyridine rings is 1. The molecule has 0 radical (unpaired) electrons. The molecule has 1 N–H and O–H groups in total. The molecule has 0 amide bonds. The molecule has 23 heavy (non-hydrogen) atoms. The number of ether oxygens (including phenoxy) is 2. The lowest BCUT2D eigenvalue weighted by atomic mass is 10.1. The predicted molar refractivity (Wildman–Crippen MR) is 76.3 cm³/mol. The number of carboxylic acids is 1. The Morgan fingerprint density at radius 2 is 2.13 bits per heavy atom. The van der Waals surface area contributed by atoms with Crippen molar-refractivity contribution in [2.45, 2.75) is 18.7 Å². The number of rotatable bonds is 5. The molecular weight excluding hydrogens is 339 g/mol. The van der Waals surface area contributed by atoms with Gasteiger partial charge >= 0.3 is 12.1 Å². The topological polar surface area (TPSA) is 68.7 Å². The van der Waals surface area contributed by atoms with Gasteiger partial charge in [-0.1, -0.05) is 6.08 Å². The fourth-order valence-electron chi connectivity index (χ4n) is 1.69. The summed E-state index contributed by atoms with van der Waals surface area (Å²) in [7, 11) is 0. The number of alkyl halides is 3. The minimum Gasteiger partial charge on any atom is -0.480 e. The Labute approximate surface area is 135 Å². The predicted octanol–water partition coefficient (Wildman–Crippen LogP) is 3.21. The summed E-state index contributed by atoms with van der Waals surface area (Å²) < 4.78 is 47.6. The molecule has 0 bridgehead atoms. The van der Waals surface area contributed by atoms with Gasteiger partial charge in [-0.15, -0.1) is 12.4 Å². The van der Waals surface area contributed by atoms with Crippen LogP contribution < -0.4 is 4.74 Å². The van der Waals surface area contributed by atoms with Crippen molar-refractivity contribution < 1.29 is 32.5 Å². The van der Waals surface area contributed by atoms with Gasteiger partial charge in [0.2, 0.25) is 5.88 Å². The molecule has 1 unspecified atom stereocenters. The molecule has 0 saturated carbocycles. The van der Waals surface area contributed by atoms with Gasteiger partial charge in [0, 0.05) is 12.3 Å². The Balaban J connectivity index is 0.00000264. The molecule has 0 aliphatic heterocycles. The molecule has 126 valence electrons. The van der Waals surface area contributed by atoms with Gasteiger partial charge in [-0.25, -0.2) is 9.78 Å². The molecule has 5 nitrogen and oxygen atoms in total. The van der Waals surface area contributed by atoms with Gasteiger partial charge in [-0.05, 0) is 24.6 Å². The molecular formula is C14H13ClF3NO4. The van der Waals surface area contributed by atoms with Crippen molar-refractivity contribution in [2.24, 2.45) is 0 Å². The number of nitrogens with zero attached hydrogens (tertiary/aromatic N) is 1. The van der Waals surface area contributed by atoms with Crippen molar-refractivity contribution >= 4 is 18.4 Å². The van der Waals surface area contributed by atoms with E-state index in [1.807, 2.05) is 0 Å². The van der Waals surface area contributed by atoms with Crippen molar-refractivity contribution in [3.8, 4) is 5.88 Å². The lowest BCUT2D eigenvalue weighted by molar-refractivity contribution is -0.143. The number of aromatic nitrogens is 1. The normalized spacial score (nSPS) is 17.2. The summed E-state index contributed by atoms with van der Waals surface area (Å²) >= 11 is 0. The molecule has 1 aromatic heterocycles. The van der Waals surface area contributed by atoms with Crippen molar-refractivity contribution in [1.82, 2.24) is 4.98 Å². The first-order chi connectivity index (χ1) is 10.3. The second-order valence-corrected chi connectivity index (χ2v) is 4.43. The first-order valence-electron chi connectivity index (χ1n) is 6.27. The van der Waals surface area contributed by atoms with Gasteiger partial charge in [-0.3, -0.25) is 0 Å². The Bertz CT molecular complexity index is 599. The Morgan fingerprint density at radius 3 is 2.61 bits per heavy atom. The van der Waals surface area contributed by atoms with E-state index in [0.29, 0.717) is 18.4 Å². The number of allylic oxidation sites excluding steroid dienone is 1. The molecule has 0 fully saturated rings. The standard InChI is InChI=1S/C14H12F3NO4.ClH/c15-14(16,17)9-1-6-12(18-7-9)22-11-4-2-10(3-5-11)21-8-13(19)20;/h1-2,4-7,10H,3,8H2,(H,19,20);1H. The van der Waals surface area contributed by atoms with Crippen molar-refractivity contribution in [2.75, 3.05) is 6.61 Å². The minimum atomic E-state index is -4.44. The van der Waals surface area contributed by atoms with Gasteiger partial charge in [0.05, 0.1) is 11.7 Å². The van der Waals surface area contributed by atoms with E-state index in [1.54, 1.807) is 18.2 Å². The van der Waals surface area contributed by atoms with Crippen LogP contribution in [0.3, 0.4) is 0 Å². The summed E-state index contributed by atoms with van der Waals surface area (Å²) in [5, 5.41) is 8.49. The maximum atomic E-state index is 12.4. The van der Waals surface area contributed by atoms with Gasteiger partial charge in [-0.2, -0.15) is 13.2 Å². The smallest absolute Gasteiger partial charge is 0.417 e. The molecule has 1 aliphatic rings. The summed E-state index contributed by atoms with van der Waals surface area (Å²) in [5.41, 5.74) is -0.852. The second kappa shape index (κ2) is 7.98. The van der Waals surface area contributed by atoms with Crippen LogP contribution in [0.4, 0.5) is 13.2 Å². The summed E-state index contributed by atoms with van der Waals surface area (Å²) in [5.74, 6) is -0.621. The van der Waals surface area contributed by atoms with Crippen molar-refractivity contribution in [3.05, 3.63) is 47.9 Å². The SMILES string of the molecule is Cl.O=C(O)COC1C=CC(Oc2ccc(C(F)(F)F)cn2)=CC1. The fraction of sp³-hybridized carbons (Fsp3) is 0.286. The van der Waals surface area contributed by atoms with Gasteiger partial charge < -0.3 is 14.6 Å². The monoisotopic (exact) mass is 351 g/mol. The number of carbonyl (C=O) groups is 1. The van der Waals surface area contributed by atoms with Crippen LogP contribution in [0.2, 0.25) is 0 Å². The zero-order valence-corrected chi connectivity index (χ0v) is 12.4. The third-order valence-corrected chi connectivity index (χ3v) is 2.73. The van der Waals surface area contributed by atoms with Crippen LogP contribution >= 0.6 is 12.4 Å². The molecule has 0 aromatic carbocycles. The van der Waals surface area contributed by atoms with Crippen molar-refractivity contribution in [1.29, 1.82) is 0 Å². The number of aliphatic carboxylic acids is 1. The summed E-state index contributed by atoms with van der Waals surface area (Å²) in [6.45, 7) is -0.403. The number of hydrogen-bond acceptors (Lipinski definition) is 4. The van der Waals surface area contributed by atoms with Gasteiger partial charge in [0.25, 0.3) is 0 Å². The van der Waals surface area contributed by atoms with Crippen LogP contribution in [0.1, 0.15) is 12.0 Å². The highest BCUT2D eigenvalue weighted by Crippen LogP contribution is 2.29. The minimum absolute atomic E-state index is 0. The Hall–Kier alpha value is -2.06. The van der Waals surface area contributed by atoms with E-state index in [0.717, 1.165) is 12.1 Å². The summed E-state index contributed by atoms with van der Waals surface area (Å²) in [4.78, 5) is 14.0. The van der Waals surface area contributed by atoms with E-state index < -0.39 is 24.3 Å². The number of carboxylic acid groups (broad SMARTS) is 1. The third kappa shape index (κ3) is 5.91. The molecule has 0 spiro atoms. The lowest BCUT2D eigenvalue weighted by Crippen LogP contribution is -2.17. The average molecular weight is 352 g/mol. The molecule has 1 aliphatic carbocycles. The molecule has 0 saturated heterocycles. The van der Waals surface area contributed by atoms with Crippen LogP contribution in [-0.4, -0.2) is 28.8 Å². The molecule has 1 aromatic rings. The molecule has 1 heterocycles. The van der Waals surface area contributed by atoms with Gasteiger partial charge in [0.1, 0.15) is 12.4 Å². The highest BCUT2D eigenvalue weighted by molar-refractivity contribution is 5.85. The van der Waals surface area contributed by atoms with Crippen LogP contribution in [0, 0.1) is 0 Å². The Morgan fingerprint density at radius 1 is 1.39 bits per heavy atom. The van der Waals surface area contributed by atoms with Crippen LogP contribution in [0.5, 0.6) is 5.88 Å². The fourth-order valence-corrected chi connectivity index (χ4v) is 1.69. The Kier molecular flexibility index (Phi) is 6.59. The molecule has 9 heteroatoms. The van der Waals surface area contributed by atoms with E-state index in [2.05, 4.69) is 4.98 Å². The summed E-state index contributed by atoms with van der Waals surface area (Å²) in [6.07, 6.45) is 1.10. The van der Waals surface area contributed by atoms with E-state index in [9.17, 15) is 18.0 Å². The molecule has 2 rings (SSSR count). The largest absolute Gasteiger partial charge is 0.480 e. The quantitative estimate of drug-likeness (QED) is 0.882.